The SMILES string of the molecule is CC1CCC(C(=O)N(C)CC2CC(Cl)C2)O1. The second-order valence-corrected chi connectivity index (χ2v) is 5.78. The third kappa shape index (κ3) is 2.69. The van der Waals surface area contributed by atoms with Crippen LogP contribution in [0.3, 0.4) is 0 Å². The Kier molecular flexibility index (Phi) is 3.75. The number of amides is 1. The maximum atomic E-state index is 12.0. The lowest BCUT2D eigenvalue weighted by Crippen LogP contribution is -2.42. The summed E-state index contributed by atoms with van der Waals surface area (Å²) in [5.41, 5.74) is 0. The van der Waals surface area contributed by atoms with Gasteiger partial charge in [-0.05, 0) is 38.5 Å². The quantitative estimate of drug-likeness (QED) is 0.712. The molecule has 0 spiro atoms. The van der Waals surface area contributed by atoms with Crippen LogP contribution in [0.15, 0.2) is 0 Å². The zero-order valence-corrected chi connectivity index (χ0v) is 10.7. The lowest BCUT2D eigenvalue weighted by molar-refractivity contribution is -0.142. The molecule has 92 valence electrons. The topological polar surface area (TPSA) is 29.5 Å². The van der Waals surface area contributed by atoms with E-state index in [1.54, 1.807) is 0 Å². The second-order valence-electron chi connectivity index (χ2n) is 5.17. The van der Waals surface area contributed by atoms with Crippen molar-refractivity contribution in [2.45, 2.75) is 50.2 Å². The Morgan fingerprint density at radius 1 is 1.44 bits per heavy atom. The molecule has 2 atom stereocenters. The molecule has 1 aliphatic heterocycles. The predicted molar refractivity (Wildman–Crippen MR) is 63.6 cm³/mol. The molecule has 0 bridgehead atoms. The van der Waals surface area contributed by atoms with E-state index in [1.807, 2.05) is 18.9 Å². The van der Waals surface area contributed by atoms with E-state index in [-0.39, 0.29) is 18.1 Å². The summed E-state index contributed by atoms with van der Waals surface area (Å²) in [5, 5.41) is 0.330. The van der Waals surface area contributed by atoms with E-state index >= 15 is 0 Å². The van der Waals surface area contributed by atoms with Gasteiger partial charge in [-0.2, -0.15) is 0 Å². The predicted octanol–water partition coefficient (Wildman–Crippen LogP) is 2.03. The van der Waals surface area contributed by atoms with Crippen molar-refractivity contribution in [1.29, 1.82) is 0 Å². The minimum absolute atomic E-state index is 0.141. The van der Waals surface area contributed by atoms with Crippen molar-refractivity contribution in [2.24, 2.45) is 5.92 Å². The molecule has 2 fully saturated rings. The number of halogens is 1. The third-order valence-electron chi connectivity index (χ3n) is 3.59. The van der Waals surface area contributed by atoms with E-state index in [2.05, 4.69) is 0 Å². The van der Waals surface area contributed by atoms with Crippen LogP contribution in [-0.2, 0) is 9.53 Å². The Morgan fingerprint density at radius 3 is 2.62 bits per heavy atom. The Labute approximate surface area is 102 Å². The van der Waals surface area contributed by atoms with Crippen LogP contribution >= 0.6 is 11.6 Å². The number of nitrogens with zero attached hydrogens (tertiary/aromatic N) is 1. The van der Waals surface area contributed by atoms with E-state index in [1.165, 1.54) is 0 Å². The molecule has 4 heteroatoms. The van der Waals surface area contributed by atoms with Gasteiger partial charge in [0.05, 0.1) is 6.10 Å². The highest BCUT2D eigenvalue weighted by Gasteiger charge is 2.33. The van der Waals surface area contributed by atoms with Crippen molar-refractivity contribution in [1.82, 2.24) is 4.90 Å². The van der Waals surface area contributed by atoms with Crippen LogP contribution in [0.4, 0.5) is 0 Å². The van der Waals surface area contributed by atoms with Crippen molar-refractivity contribution >= 4 is 17.5 Å². The lowest BCUT2D eigenvalue weighted by Gasteiger charge is -2.34. The first kappa shape index (κ1) is 12.2. The number of carbonyl (C=O) groups is 1. The average Bonchev–Trinajstić information content (AvgIpc) is 2.61. The molecule has 0 N–H and O–H groups in total. The normalized spacial score (nSPS) is 38.2. The first-order chi connectivity index (χ1) is 7.56. The molecule has 1 amide bonds. The van der Waals surface area contributed by atoms with Gasteiger partial charge >= 0.3 is 0 Å². The number of ether oxygens (including phenoxy) is 1. The molecule has 16 heavy (non-hydrogen) atoms. The largest absolute Gasteiger partial charge is 0.365 e. The molecule has 1 aliphatic carbocycles. The number of carbonyl (C=O) groups excluding carboxylic acids is 1. The van der Waals surface area contributed by atoms with Crippen molar-refractivity contribution in [3.63, 3.8) is 0 Å². The number of rotatable bonds is 3. The van der Waals surface area contributed by atoms with Crippen LogP contribution < -0.4 is 0 Å². The fraction of sp³-hybridized carbons (Fsp3) is 0.917. The Bertz CT molecular complexity index is 266. The molecule has 1 saturated carbocycles. The summed E-state index contributed by atoms with van der Waals surface area (Å²) in [7, 11) is 1.87. The summed E-state index contributed by atoms with van der Waals surface area (Å²) < 4.78 is 5.58. The highest BCUT2D eigenvalue weighted by atomic mass is 35.5. The fourth-order valence-electron chi connectivity index (χ4n) is 2.51. The molecule has 3 nitrogen and oxygen atoms in total. The minimum atomic E-state index is -0.202. The summed E-state index contributed by atoms with van der Waals surface area (Å²) >= 11 is 5.92. The van der Waals surface area contributed by atoms with Crippen molar-refractivity contribution in [3.05, 3.63) is 0 Å². The van der Waals surface area contributed by atoms with Gasteiger partial charge < -0.3 is 9.64 Å². The summed E-state index contributed by atoms with van der Waals surface area (Å²) in [5.74, 6) is 0.734. The van der Waals surface area contributed by atoms with Crippen molar-refractivity contribution in [2.75, 3.05) is 13.6 Å². The Hall–Kier alpha value is -0.280. The van der Waals surface area contributed by atoms with Gasteiger partial charge in [0, 0.05) is 19.0 Å². The number of hydrogen-bond donors (Lipinski definition) is 0. The van der Waals surface area contributed by atoms with Crippen LogP contribution in [0, 0.1) is 5.92 Å². The lowest BCUT2D eigenvalue weighted by atomic mass is 9.84. The highest BCUT2D eigenvalue weighted by molar-refractivity contribution is 6.21. The zero-order valence-electron chi connectivity index (χ0n) is 9.99. The first-order valence-electron chi connectivity index (χ1n) is 6.10. The highest BCUT2D eigenvalue weighted by Crippen LogP contribution is 2.32. The fourth-order valence-corrected chi connectivity index (χ4v) is 3.01. The van der Waals surface area contributed by atoms with Crippen LogP contribution in [0.25, 0.3) is 0 Å². The number of alkyl halides is 1. The molecule has 2 rings (SSSR count). The number of likely N-dealkylation sites (N-methyl/N-ethyl adjacent to an activating group) is 1. The van der Waals surface area contributed by atoms with Gasteiger partial charge in [-0.1, -0.05) is 0 Å². The van der Waals surface area contributed by atoms with Gasteiger partial charge in [-0.25, -0.2) is 0 Å². The molecule has 0 aromatic heterocycles. The summed E-state index contributed by atoms with van der Waals surface area (Å²) in [6.07, 6.45) is 3.98. The second kappa shape index (κ2) is 4.92. The molecule has 1 heterocycles. The van der Waals surface area contributed by atoms with Gasteiger partial charge in [0.25, 0.3) is 5.91 Å². The molecule has 2 unspecified atom stereocenters. The summed E-state index contributed by atoms with van der Waals surface area (Å²) in [6, 6.07) is 0. The van der Waals surface area contributed by atoms with Gasteiger partial charge in [-0.15, -0.1) is 11.6 Å². The molecule has 1 saturated heterocycles. The molecule has 0 aromatic rings. The summed E-state index contributed by atoms with van der Waals surface area (Å²) in [4.78, 5) is 13.8. The van der Waals surface area contributed by atoms with Crippen molar-refractivity contribution < 1.29 is 9.53 Å². The minimum Gasteiger partial charge on any atom is -0.365 e. The van der Waals surface area contributed by atoms with E-state index in [0.717, 1.165) is 32.2 Å². The average molecular weight is 246 g/mol. The van der Waals surface area contributed by atoms with Gasteiger partial charge in [-0.3, -0.25) is 4.79 Å². The van der Waals surface area contributed by atoms with Crippen LogP contribution in [-0.4, -0.2) is 42.0 Å². The smallest absolute Gasteiger partial charge is 0.251 e. The van der Waals surface area contributed by atoms with E-state index < -0.39 is 0 Å². The van der Waals surface area contributed by atoms with E-state index in [0.29, 0.717) is 11.3 Å². The monoisotopic (exact) mass is 245 g/mol. The molecular weight excluding hydrogens is 226 g/mol. The molecule has 0 aromatic carbocycles. The van der Waals surface area contributed by atoms with Crippen LogP contribution in [0.5, 0.6) is 0 Å². The van der Waals surface area contributed by atoms with Gasteiger partial charge in [0.15, 0.2) is 0 Å². The van der Waals surface area contributed by atoms with Crippen LogP contribution in [0.1, 0.15) is 32.6 Å². The van der Waals surface area contributed by atoms with Crippen LogP contribution in [0.2, 0.25) is 0 Å². The van der Waals surface area contributed by atoms with Gasteiger partial charge in [0.1, 0.15) is 6.10 Å². The van der Waals surface area contributed by atoms with E-state index in [4.69, 9.17) is 16.3 Å². The third-order valence-corrected chi connectivity index (χ3v) is 3.95. The van der Waals surface area contributed by atoms with Crippen molar-refractivity contribution in [3.8, 4) is 0 Å². The Balaban J connectivity index is 1.76. The first-order valence-corrected chi connectivity index (χ1v) is 6.54. The molecular formula is C12H20ClNO2. The molecule has 2 aliphatic rings. The number of hydrogen-bond acceptors (Lipinski definition) is 2. The summed E-state index contributed by atoms with van der Waals surface area (Å²) in [6.45, 7) is 2.85. The van der Waals surface area contributed by atoms with Gasteiger partial charge in [0.2, 0.25) is 0 Å². The zero-order chi connectivity index (χ0) is 11.7. The standard InChI is InChI=1S/C12H20ClNO2/c1-8-3-4-11(16-8)12(15)14(2)7-9-5-10(13)6-9/h8-11H,3-7H2,1-2H3. The maximum Gasteiger partial charge on any atom is 0.251 e. The maximum absolute atomic E-state index is 12.0. The van der Waals surface area contributed by atoms with E-state index in [9.17, 15) is 4.79 Å². The Morgan fingerprint density at radius 2 is 2.12 bits per heavy atom. The molecule has 0 radical (unpaired) electrons.